The van der Waals surface area contributed by atoms with Crippen LogP contribution in [0, 0.1) is 5.82 Å². The van der Waals surface area contributed by atoms with Gasteiger partial charge in [0.2, 0.25) is 5.88 Å². The van der Waals surface area contributed by atoms with Crippen LogP contribution in [0.15, 0.2) is 30.5 Å². The molecule has 0 aliphatic carbocycles. The third-order valence-corrected chi connectivity index (χ3v) is 5.78. The van der Waals surface area contributed by atoms with Gasteiger partial charge in [-0.15, -0.1) is 0 Å². The van der Waals surface area contributed by atoms with Crippen molar-refractivity contribution < 1.29 is 19.0 Å². The van der Waals surface area contributed by atoms with Crippen molar-refractivity contribution in [2.75, 3.05) is 14.2 Å². The van der Waals surface area contributed by atoms with Crippen LogP contribution in [0.2, 0.25) is 0 Å². The predicted octanol–water partition coefficient (Wildman–Crippen LogP) is 2.65. The summed E-state index contributed by atoms with van der Waals surface area (Å²) in [4.78, 5) is 10.8. The lowest BCUT2D eigenvalue weighted by Crippen LogP contribution is -2.49. The molecule has 2 saturated heterocycles. The van der Waals surface area contributed by atoms with Crippen LogP contribution >= 0.6 is 0 Å². The summed E-state index contributed by atoms with van der Waals surface area (Å²) in [5.41, 5.74) is 0.526. The molecule has 1 N–H and O–H groups in total. The summed E-state index contributed by atoms with van der Waals surface area (Å²) < 4.78 is 24.0. The zero-order chi connectivity index (χ0) is 19.0. The highest BCUT2D eigenvalue weighted by Gasteiger charge is 2.49. The van der Waals surface area contributed by atoms with Crippen molar-refractivity contribution in [3.63, 3.8) is 0 Å². The van der Waals surface area contributed by atoms with E-state index in [9.17, 15) is 9.50 Å². The molecule has 27 heavy (non-hydrogen) atoms. The summed E-state index contributed by atoms with van der Waals surface area (Å²) in [6, 6.07) is 7.40. The molecule has 144 valence electrons. The highest BCUT2D eigenvalue weighted by molar-refractivity contribution is 5.33. The molecular weight excluding hydrogens is 349 g/mol. The van der Waals surface area contributed by atoms with E-state index >= 15 is 0 Å². The normalized spacial score (nSPS) is 27.6. The van der Waals surface area contributed by atoms with Crippen molar-refractivity contribution in [2.24, 2.45) is 0 Å². The number of aromatic nitrogens is 2. The van der Waals surface area contributed by atoms with Crippen LogP contribution in [-0.4, -0.2) is 46.3 Å². The summed E-state index contributed by atoms with van der Waals surface area (Å²) in [6.45, 7) is 0.694. The van der Waals surface area contributed by atoms with Crippen LogP contribution in [0.3, 0.4) is 0 Å². The fraction of sp³-hybridized carbons (Fsp3) is 0.500. The number of methoxy groups -OCH3 is 2. The lowest BCUT2D eigenvalue weighted by molar-refractivity contribution is -0.0613. The van der Waals surface area contributed by atoms with E-state index in [1.807, 2.05) is 6.07 Å². The summed E-state index contributed by atoms with van der Waals surface area (Å²) in [6.07, 6.45) is 4.78. The van der Waals surface area contributed by atoms with Gasteiger partial charge in [0.25, 0.3) is 0 Å². The molecule has 2 bridgehead atoms. The standard InChI is InChI=1S/C20H24FN3O3/c1-26-18-17(11-22-19(23-18)27-2)20(25)9-15-6-7-16(10-20)24(15)12-13-4-3-5-14(21)8-13/h3-5,8,11,15-16,25H,6-7,9-10,12H2,1-2H3/t15-,16-/m1/s1. The first-order valence-corrected chi connectivity index (χ1v) is 9.20. The maximum Gasteiger partial charge on any atom is 0.319 e. The first-order chi connectivity index (χ1) is 13.0. The lowest BCUT2D eigenvalue weighted by atomic mass is 9.81. The van der Waals surface area contributed by atoms with Gasteiger partial charge in [0.1, 0.15) is 5.82 Å². The molecule has 0 spiro atoms. The predicted molar refractivity (Wildman–Crippen MR) is 97.0 cm³/mol. The Bertz CT molecular complexity index is 818. The Morgan fingerprint density at radius 3 is 2.59 bits per heavy atom. The Kier molecular flexibility index (Phi) is 4.74. The van der Waals surface area contributed by atoms with E-state index in [1.54, 1.807) is 18.3 Å². The average molecular weight is 373 g/mol. The highest BCUT2D eigenvalue weighted by atomic mass is 19.1. The summed E-state index contributed by atoms with van der Waals surface area (Å²) in [5.74, 6) is 0.135. The molecule has 2 aromatic rings. The maximum atomic E-state index is 13.5. The first-order valence-electron chi connectivity index (χ1n) is 9.20. The van der Waals surface area contributed by atoms with Gasteiger partial charge in [-0.3, -0.25) is 4.90 Å². The van der Waals surface area contributed by atoms with Crippen LogP contribution in [0.1, 0.15) is 36.8 Å². The number of aliphatic hydroxyl groups is 1. The van der Waals surface area contributed by atoms with Crippen LogP contribution < -0.4 is 9.47 Å². The number of benzene rings is 1. The SMILES string of the molecule is COc1ncc(C2(O)C[C@H]3CC[C@H](C2)N3Cc2cccc(F)c2)c(OC)n1. The third-order valence-electron chi connectivity index (χ3n) is 5.78. The molecule has 4 rings (SSSR count). The number of ether oxygens (including phenoxy) is 2. The van der Waals surface area contributed by atoms with E-state index in [1.165, 1.54) is 20.3 Å². The number of rotatable bonds is 5. The Balaban J connectivity index is 1.57. The summed E-state index contributed by atoms with van der Waals surface area (Å²) in [7, 11) is 3.02. The average Bonchev–Trinajstić information content (AvgIpc) is 2.91. The third kappa shape index (κ3) is 3.37. The molecule has 0 saturated carbocycles. The second-order valence-corrected chi connectivity index (χ2v) is 7.41. The van der Waals surface area contributed by atoms with Crippen LogP contribution in [-0.2, 0) is 12.1 Å². The Labute approximate surface area is 158 Å². The van der Waals surface area contributed by atoms with Crippen LogP contribution in [0.25, 0.3) is 0 Å². The fourth-order valence-corrected chi connectivity index (χ4v) is 4.56. The number of fused-ring (bicyclic) bond motifs is 2. The molecule has 7 heteroatoms. The van der Waals surface area contributed by atoms with Gasteiger partial charge in [0.15, 0.2) is 0 Å². The molecule has 2 aliphatic heterocycles. The lowest BCUT2D eigenvalue weighted by Gasteiger charge is -2.44. The van der Waals surface area contributed by atoms with Gasteiger partial charge in [-0.2, -0.15) is 4.98 Å². The number of hydrogen-bond donors (Lipinski definition) is 1. The largest absolute Gasteiger partial charge is 0.481 e. The number of hydrogen-bond acceptors (Lipinski definition) is 6. The second-order valence-electron chi connectivity index (χ2n) is 7.41. The monoisotopic (exact) mass is 373 g/mol. The van der Waals surface area contributed by atoms with E-state index in [0.29, 0.717) is 30.8 Å². The van der Waals surface area contributed by atoms with E-state index in [2.05, 4.69) is 14.9 Å². The molecule has 2 fully saturated rings. The summed E-state index contributed by atoms with van der Waals surface area (Å²) >= 11 is 0. The molecule has 0 amide bonds. The molecular formula is C20H24FN3O3. The van der Waals surface area contributed by atoms with Crippen molar-refractivity contribution in [1.82, 2.24) is 14.9 Å². The van der Waals surface area contributed by atoms with Crippen molar-refractivity contribution in [3.8, 4) is 11.9 Å². The van der Waals surface area contributed by atoms with E-state index < -0.39 is 5.60 Å². The molecule has 2 atom stereocenters. The Morgan fingerprint density at radius 1 is 1.22 bits per heavy atom. The molecule has 1 aromatic carbocycles. The molecule has 6 nitrogen and oxygen atoms in total. The Hall–Kier alpha value is -2.25. The van der Waals surface area contributed by atoms with Gasteiger partial charge in [-0.25, -0.2) is 9.37 Å². The molecule has 0 radical (unpaired) electrons. The zero-order valence-corrected chi connectivity index (χ0v) is 15.6. The fourth-order valence-electron chi connectivity index (χ4n) is 4.56. The van der Waals surface area contributed by atoms with E-state index in [0.717, 1.165) is 18.4 Å². The van der Waals surface area contributed by atoms with Gasteiger partial charge >= 0.3 is 6.01 Å². The van der Waals surface area contributed by atoms with Gasteiger partial charge in [0, 0.05) is 24.8 Å². The number of piperidine rings is 1. The molecule has 1 aromatic heterocycles. The van der Waals surface area contributed by atoms with E-state index in [-0.39, 0.29) is 23.9 Å². The zero-order valence-electron chi connectivity index (χ0n) is 15.6. The quantitative estimate of drug-likeness (QED) is 0.869. The summed E-state index contributed by atoms with van der Waals surface area (Å²) in [5, 5.41) is 11.4. The minimum atomic E-state index is -1.04. The molecule has 0 unspecified atom stereocenters. The second kappa shape index (κ2) is 7.05. The van der Waals surface area contributed by atoms with Crippen molar-refractivity contribution >= 4 is 0 Å². The first kappa shape index (κ1) is 18.1. The van der Waals surface area contributed by atoms with Gasteiger partial charge in [-0.1, -0.05) is 12.1 Å². The van der Waals surface area contributed by atoms with Crippen molar-refractivity contribution in [2.45, 2.75) is 49.9 Å². The minimum absolute atomic E-state index is 0.214. The number of halogens is 1. The van der Waals surface area contributed by atoms with E-state index in [4.69, 9.17) is 9.47 Å². The van der Waals surface area contributed by atoms with Gasteiger partial charge < -0.3 is 14.6 Å². The minimum Gasteiger partial charge on any atom is -0.481 e. The van der Waals surface area contributed by atoms with Crippen molar-refractivity contribution in [3.05, 3.63) is 47.4 Å². The maximum absolute atomic E-state index is 13.5. The topological polar surface area (TPSA) is 67.7 Å². The van der Waals surface area contributed by atoms with Gasteiger partial charge in [-0.05, 0) is 43.4 Å². The number of nitrogens with zero attached hydrogens (tertiary/aromatic N) is 3. The highest BCUT2D eigenvalue weighted by Crippen LogP contribution is 2.48. The Morgan fingerprint density at radius 2 is 1.96 bits per heavy atom. The van der Waals surface area contributed by atoms with Gasteiger partial charge in [0.05, 0.1) is 25.4 Å². The van der Waals surface area contributed by atoms with Crippen LogP contribution in [0.5, 0.6) is 11.9 Å². The molecule has 2 aliphatic rings. The smallest absolute Gasteiger partial charge is 0.319 e. The van der Waals surface area contributed by atoms with Crippen molar-refractivity contribution in [1.29, 1.82) is 0 Å². The molecule has 3 heterocycles. The van der Waals surface area contributed by atoms with Crippen LogP contribution in [0.4, 0.5) is 4.39 Å².